The highest BCUT2D eigenvalue weighted by atomic mass is 32.2. The van der Waals surface area contributed by atoms with Crippen molar-refractivity contribution in [3.8, 4) is 0 Å². The van der Waals surface area contributed by atoms with Crippen LogP contribution in [0.5, 0.6) is 0 Å². The third-order valence-corrected chi connectivity index (χ3v) is 6.17. The average molecular weight is 262 g/mol. The molecule has 1 aliphatic carbocycles. The molecule has 1 aromatic carbocycles. The van der Waals surface area contributed by atoms with Gasteiger partial charge < -0.3 is 5.11 Å². The van der Waals surface area contributed by atoms with Gasteiger partial charge in [0, 0.05) is 4.75 Å². The van der Waals surface area contributed by atoms with E-state index in [1.165, 1.54) is 48.1 Å². The minimum Gasteiger partial charge on any atom is -0.391 e. The van der Waals surface area contributed by atoms with Crippen LogP contribution in [0, 0.1) is 0 Å². The van der Waals surface area contributed by atoms with Crippen LogP contribution in [-0.4, -0.2) is 21.7 Å². The zero-order valence-corrected chi connectivity index (χ0v) is 11.9. The number of benzene rings is 1. The number of thioether (sulfide) groups is 1. The number of aryl methyl sites for hydroxylation is 2. The number of aliphatic hydroxyl groups excluding tert-OH is 1. The Morgan fingerprint density at radius 2 is 2.11 bits per heavy atom. The van der Waals surface area contributed by atoms with Crippen molar-refractivity contribution in [1.82, 2.24) is 0 Å². The molecule has 1 aliphatic heterocycles. The van der Waals surface area contributed by atoms with Crippen molar-refractivity contribution in [3.05, 3.63) is 34.9 Å². The van der Waals surface area contributed by atoms with Crippen molar-refractivity contribution in [3.63, 3.8) is 0 Å². The van der Waals surface area contributed by atoms with Crippen molar-refractivity contribution in [1.29, 1.82) is 0 Å². The molecule has 2 unspecified atom stereocenters. The highest BCUT2D eigenvalue weighted by molar-refractivity contribution is 8.00. The van der Waals surface area contributed by atoms with Crippen molar-refractivity contribution in [2.24, 2.45) is 0 Å². The van der Waals surface area contributed by atoms with Crippen LogP contribution in [0.1, 0.15) is 42.9 Å². The first kappa shape index (κ1) is 12.6. The molecule has 0 radical (unpaired) electrons. The number of rotatable bonds is 3. The van der Waals surface area contributed by atoms with Crippen LogP contribution >= 0.6 is 11.8 Å². The molecule has 0 spiro atoms. The van der Waals surface area contributed by atoms with Gasteiger partial charge in [0.1, 0.15) is 0 Å². The van der Waals surface area contributed by atoms with Gasteiger partial charge in [0.15, 0.2) is 0 Å². The van der Waals surface area contributed by atoms with Crippen LogP contribution in [0.4, 0.5) is 0 Å². The summed E-state index contributed by atoms with van der Waals surface area (Å²) in [7, 11) is 0. The molecule has 2 heteroatoms. The SMILES string of the molecule is CC1(C(O)Cc2ccc3c(c2)CCC3)CCCS1. The molecule has 18 heavy (non-hydrogen) atoms. The third-order valence-electron chi connectivity index (χ3n) is 4.55. The van der Waals surface area contributed by atoms with Gasteiger partial charge in [-0.2, -0.15) is 11.8 Å². The minimum absolute atomic E-state index is 0.0824. The summed E-state index contributed by atoms with van der Waals surface area (Å²) >= 11 is 1.95. The zero-order chi connectivity index (χ0) is 12.6. The van der Waals surface area contributed by atoms with Crippen LogP contribution in [0.15, 0.2) is 18.2 Å². The van der Waals surface area contributed by atoms with Gasteiger partial charge >= 0.3 is 0 Å². The lowest BCUT2D eigenvalue weighted by Crippen LogP contribution is -2.35. The maximum absolute atomic E-state index is 10.5. The minimum atomic E-state index is -0.204. The Morgan fingerprint density at radius 3 is 2.89 bits per heavy atom. The Labute approximate surface area is 114 Å². The molecule has 1 nitrogen and oxygen atoms in total. The number of fused-ring (bicyclic) bond motifs is 1. The van der Waals surface area contributed by atoms with Crippen LogP contribution in [0.25, 0.3) is 0 Å². The summed E-state index contributed by atoms with van der Waals surface area (Å²) < 4.78 is 0.0824. The van der Waals surface area contributed by atoms with Crippen LogP contribution < -0.4 is 0 Å². The van der Waals surface area contributed by atoms with Crippen molar-refractivity contribution >= 4 is 11.8 Å². The molecule has 3 rings (SSSR count). The number of hydrogen-bond acceptors (Lipinski definition) is 2. The van der Waals surface area contributed by atoms with Gasteiger partial charge in [-0.3, -0.25) is 0 Å². The summed E-state index contributed by atoms with van der Waals surface area (Å²) in [5.74, 6) is 1.21. The Morgan fingerprint density at radius 1 is 1.28 bits per heavy atom. The molecule has 2 atom stereocenters. The molecule has 2 aliphatic rings. The molecule has 0 bridgehead atoms. The number of hydrogen-bond donors (Lipinski definition) is 1. The standard InChI is InChI=1S/C16H22OS/c1-16(8-3-9-18-16)15(17)11-12-6-7-13-4-2-5-14(13)10-12/h6-7,10,15,17H,2-5,8-9,11H2,1H3. The average Bonchev–Trinajstić information content (AvgIpc) is 2.98. The van der Waals surface area contributed by atoms with E-state index >= 15 is 0 Å². The Kier molecular flexibility index (Phi) is 3.42. The molecular formula is C16H22OS. The lowest BCUT2D eigenvalue weighted by Gasteiger charge is -2.29. The van der Waals surface area contributed by atoms with Crippen molar-refractivity contribution in [2.75, 3.05) is 5.75 Å². The van der Waals surface area contributed by atoms with Gasteiger partial charge in [-0.1, -0.05) is 18.2 Å². The zero-order valence-electron chi connectivity index (χ0n) is 11.1. The maximum Gasteiger partial charge on any atom is 0.0724 e. The van der Waals surface area contributed by atoms with E-state index in [1.54, 1.807) is 0 Å². The number of aliphatic hydroxyl groups is 1. The molecule has 98 valence electrons. The highest BCUT2D eigenvalue weighted by Crippen LogP contribution is 2.41. The van der Waals surface area contributed by atoms with E-state index in [0.717, 1.165) is 12.8 Å². The van der Waals surface area contributed by atoms with Gasteiger partial charge in [-0.25, -0.2) is 0 Å². The van der Waals surface area contributed by atoms with E-state index in [-0.39, 0.29) is 10.9 Å². The second-order valence-corrected chi connectivity index (χ2v) is 7.57. The van der Waals surface area contributed by atoms with Crippen molar-refractivity contribution < 1.29 is 5.11 Å². The second kappa shape index (κ2) is 4.90. The second-order valence-electron chi connectivity index (χ2n) is 5.94. The van der Waals surface area contributed by atoms with Crippen LogP contribution in [0.2, 0.25) is 0 Å². The molecule has 0 aromatic heterocycles. The lowest BCUT2D eigenvalue weighted by atomic mass is 9.92. The summed E-state index contributed by atoms with van der Waals surface area (Å²) in [5, 5.41) is 10.5. The summed E-state index contributed by atoms with van der Waals surface area (Å²) in [4.78, 5) is 0. The van der Waals surface area contributed by atoms with E-state index in [0.29, 0.717) is 0 Å². The normalized spacial score (nSPS) is 28.3. The Balaban J connectivity index is 1.72. The van der Waals surface area contributed by atoms with E-state index < -0.39 is 0 Å². The Hall–Kier alpha value is -0.470. The highest BCUT2D eigenvalue weighted by Gasteiger charge is 2.36. The molecule has 1 aromatic rings. The molecule has 1 heterocycles. The summed E-state index contributed by atoms with van der Waals surface area (Å²) in [5.41, 5.74) is 4.36. The molecule has 1 fully saturated rings. The molecular weight excluding hydrogens is 240 g/mol. The summed E-state index contributed by atoms with van der Waals surface area (Å²) in [6, 6.07) is 6.82. The van der Waals surface area contributed by atoms with E-state index in [2.05, 4.69) is 25.1 Å². The molecule has 1 N–H and O–H groups in total. The Bertz CT molecular complexity index is 435. The fourth-order valence-corrected chi connectivity index (χ4v) is 4.57. The van der Waals surface area contributed by atoms with Gasteiger partial charge in [0.25, 0.3) is 0 Å². The predicted molar refractivity (Wildman–Crippen MR) is 78.3 cm³/mol. The predicted octanol–water partition coefficient (Wildman–Crippen LogP) is 3.36. The van der Waals surface area contributed by atoms with E-state index in [1.807, 2.05) is 11.8 Å². The molecule has 0 saturated carbocycles. The summed E-state index contributed by atoms with van der Waals surface area (Å²) in [6.07, 6.45) is 6.79. The van der Waals surface area contributed by atoms with Gasteiger partial charge in [0.05, 0.1) is 6.10 Å². The first-order chi connectivity index (χ1) is 8.67. The first-order valence-corrected chi connectivity index (χ1v) is 8.09. The fraction of sp³-hybridized carbons (Fsp3) is 0.625. The van der Waals surface area contributed by atoms with Crippen LogP contribution in [-0.2, 0) is 19.3 Å². The van der Waals surface area contributed by atoms with E-state index in [9.17, 15) is 5.11 Å². The molecule has 1 saturated heterocycles. The van der Waals surface area contributed by atoms with Crippen LogP contribution in [0.3, 0.4) is 0 Å². The monoisotopic (exact) mass is 262 g/mol. The topological polar surface area (TPSA) is 20.2 Å². The smallest absolute Gasteiger partial charge is 0.0724 e. The fourth-order valence-electron chi connectivity index (χ4n) is 3.25. The molecule has 0 amide bonds. The quantitative estimate of drug-likeness (QED) is 0.901. The van der Waals surface area contributed by atoms with Crippen molar-refractivity contribution in [2.45, 2.75) is 56.3 Å². The van der Waals surface area contributed by atoms with Gasteiger partial charge in [-0.05, 0) is 67.9 Å². The third kappa shape index (κ3) is 2.33. The lowest BCUT2D eigenvalue weighted by molar-refractivity contribution is 0.133. The van der Waals surface area contributed by atoms with Gasteiger partial charge in [0.2, 0.25) is 0 Å². The van der Waals surface area contributed by atoms with Gasteiger partial charge in [-0.15, -0.1) is 0 Å². The first-order valence-electron chi connectivity index (χ1n) is 7.10. The largest absolute Gasteiger partial charge is 0.391 e. The maximum atomic E-state index is 10.5. The van der Waals surface area contributed by atoms with E-state index in [4.69, 9.17) is 0 Å². The summed E-state index contributed by atoms with van der Waals surface area (Å²) in [6.45, 7) is 2.22.